The number of benzene rings is 1. The average Bonchev–Trinajstić information content (AvgIpc) is 2.97. The number of amides is 2. The van der Waals surface area contributed by atoms with E-state index in [-0.39, 0.29) is 18.4 Å². The summed E-state index contributed by atoms with van der Waals surface area (Å²) in [5, 5.41) is 2.94. The molecule has 3 N–H and O–H groups in total. The fraction of sp³-hybridized carbons (Fsp3) is 0.214. The predicted molar refractivity (Wildman–Crippen MR) is 83.9 cm³/mol. The summed E-state index contributed by atoms with van der Waals surface area (Å²) in [4.78, 5) is 28.0. The predicted octanol–water partition coefficient (Wildman–Crippen LogP) is 1.33. The lowest BCUT2D eigenvalue weighted by atomic mass is 10.3. The van der Waals surface area contributed by atoms with Crippen LogP contribution in [0, 0.1) is 6.92 Å². The lowest BCUT2D eigenvalue weighted by molar-refractivity contribution is -0.120. The number of hydrogen-bond acceptors (Lipinski definition) is 6. The van der Waals surface area contributed by atoms with Gasteiger partial charge in [0.25, 0.3) is 11.8 Å². The van der Waals surface area contributed by atoms with Crippen LogP contribution in [0.1, 0.15) is 15.4 Å². The number of carbonyl (C=O) groups is 2. The Morgan fingerprint density at radius 2 is 2.05 bits per heavy atom. The summed E-state index contributed by atoms with van der Waals surface area (Å²) in [7, 11) is 1.55. The van der Waals surface area contributed by atoms with E-state index in [9.17, 15) is 9.59 Å². The topological polar surface area (TPSA) is 92.4 Å². The van der Waals surface area contributed by atoms with Crippen molar-refractivity contribution in [3.8, 4) is 5.75 Å². The van der Waals surface area contributed by atoms with Crippen molar-refractivity contribution in [2.75, 3.05) is 19.0 Å². The molecule has 0 spiro atoms. The summed E-state index contributed by atoms with van der Waals surface area (Å²) in [5.74, 6) is -0.119. The van der Waals surface area contributed by atoms with E-state index in [4.69, 9.17) is 4.74 Å². The summed E-state index contributed by atoms with van der Waals surface area (Å²) < 4.78 is 5.17. The minimum absolute atomic E-state index is 0.00231. The zero-order valence-corrected chi connectivity index (χ0v) is 13.0. The first-order valence-electron chi connectivity index (χ1n) is 6.48. The molecule has 0 saturated heterocycles. The largest absolute Gasteiger partial charge is 0.495 e. The van der Waals surface area contributed by atoms with Crippen LogP contribution < -0.4 is 20.9 Å². The number of ether oxygens (including phenoxy) is 1. The van der Waals surface area contributed by atoms with Crippen LogP contribution in [-0.2, 0) is 4.79 Å². The van der Waals surface area contributed by atoms with Crippen LogP contribution in [0.5, 0.6) is 5.75 Å². The standard InChI is InChI=1S/C14H16N4O3S/c1-9-13(22-8-16-9)14(20)18-17-12(19)7-15-10-5-3-4-6-11(10)21-2/h3-6,8,15H,7H2,1-2H3,(H,17,19)(H,18,20). The van der Waals surface area contributed by atoms with Gasteiger partial charge in [-0.15, -0.1) is 11.3 Å². The molecule has 0 fully saturated rings. The molecule has 2 rings (SSSR count). The summed E-state index contributed by atoms with van der Waals surface area (Å²) >= 11 is 1.22. The molecule has 1 aromatic carbocycles. The van der Waals surface area contributed by atoms with Gasteiger partial charge in [0.15, 0.2) is 0 Å². The molecule has 116 valence electrons. The lowest BCUT2D eigenvalue weighted by Crippen LogP contribution is -2.44. The zero-order chi connectivity index (χ0) is 15.9. The molecule has 7 nitrogen and oxygen atoms in total. The quantitative estimate of drug-likeness (QED) is 0.723. The lowest BCUT2D eigenvalue weighted by Gasteiger charge is -2.11. The Balaban J connectivity index is 1.81. The fourth-order valence-corrected chi connectivity index (χ4v) is 2.41. The maximum absolute atomic E-state index is 11.8. The third-order valence-corrected chi connectivity index (χ3v) is 3.74. The van der Waals surface area contributed by atoms with Crippen molar-refractivity contribution in [3.63, 3.8) is 0 Å². The molecule has 0 atom stereocenters. The van der Waals surface area contributed by atoms with Crippen LogP contribution in [0.25, 0.3) is 0 Å². The van der Waals surface area contributed by atoms with E-state index in [1.807, 2.05) is 12.1 Å². The number of nitrogens with zero attached hydrogens (tertiary/aromatic N) is 1. The zero-order valence-electron chi connectivity index (χ0n) is 12.2. The first kappa shape index (κ1) is 15.8. The number of carbonyl (C=O) groups excluding carboxylic acids is 2. The van der Waals surface area contributed by atoms with E-state index in [0.717, 1.165) is 0 Å². The van der Waals surface area contributed by atoms with Gasteiger partial charge in [0.05, 0.1) is 30.5 Å². The Bertz CT molecular complexity index is 672. The van der Waals surface area contributed by atoms with Crippen LogP contribution >= 0.6 is 11.3 Å². The number of rotatable bonds is 5. The van der Waals surface area contributed by atoms with Gasteiger partial charge >= 0.3 is 0 Å². The van der Waals surface area contributed by atoms with Gasteiger partial charge in [-0.1, -0.05) is 12.1 Å². The second-order valence-corrected chi connectivity index (χ2v) is 5.18. The molecule has 0 aliphatic heterocycles. The summed E-state index contributed by atoms with van der Waals surface area (Å²) in [6, 6.07) is 7.25. The Labute approximate surface area is 131 Å². The van der Waals surface area contributed by atoms with Crippen molar-refractivity contribution in [3.05, 3.63) is 40.3 Å². The highest BCUT2D eigenvalue weighted by Crippen LogP contribution is 2.22. The van der Waals surface area contributed by atoms with Gasteiger partial charge in [0.2, 0.25) is 0 Å². The number of aromatic nitrogens is 1. The van der Waals surface area contributed by atoms with Crippen LogP contribution in [0.3, 0.4) is 0 Å². The molecule has 0 radical (unpaired) electrons. The van der Waals surface area contributed by atoms with Crippen LogP contribution in [0.4, 0.5) is 5.69 Å². The highest BCUT2D eigenvalue weighted by Gasteiger charge is 2.12. The first-order chi connectivity index (χ1) is 10.6. The summed E-state index contributed by atoms with van der Waals surface area (Å²) in [6.45, 7) is 1.73. The molecular formula is C14H16N4O3S. The number of anilines is 1. The van der Waals surface area contributed by atoms with Gasteiger partial charge in [-0.2, -0.15) is 0 Å². The monoisotopic (exact) mass is 320 g/mol. The number of para-hydroxylation sites is 2. The average molecular weight is 320 g/mol. The van der Waals surface area contributed by atoms with Crippen LogP contribution in [0.15, 0.2) is 29.8 Å². The third-order valence-electron chi connectivity index (χ3n) is 2.81. The number of aryl methyl sites for hydroxylation is 1. The molecule has 22 heavy (non-hydrogen) atoms. The van der Waals surface area contributed by atoms with E-state index in [0.29, 0.717) is 22.0 Å². The Morgan fingerprint density at radius 1 is 1.27 bits per heavy atom. The van der Waals surface area contributed by atoms with Gasteiger partial charge in [-0.3, -0.25) is 20.4 Å². The first-order valence-corrected chi connectivity index (χ1v) is 7.36. The Kier molecular flexibility index (Phi) is 5.31. The van der Waals surface area contributed by atoms with E-state index in [1.54, 1.807) is 31.7 Å². The second kappa shape index (κ2) is 7.41. The van der Waals surface area contributed by atoms with Crippen molar-refractivity contribution < 1.29 is 14.3 Å². The molecule has 2 amide bonds. The number of nitrogens with one attached hydrogen (secondary N) is 3. The van der Waals surface area contributed by atoms with Crippen LogP contribution in [-0.4, -0.2) is 30.5 Å². The third kappa shape index (κ3) is 3.95. The highest BCUT2D eigenvalue weighted by molar-refractivity contribution is 7.11. The van der Waals surface area contributed by atoms with Crippen molar-refractivity contribution in [2.24, 2.45) is 0 Å². The van der Waals surface area contributed by atoms with Crippen molar-refractivity contribution >= 4 is 28.8 Å². The normalized spacial score (nSPS) is 9.91. The Hall–Kier alpha value is -2.61. The summed E-state index contributed by atoms with van der Waals surface area (Å²) in [5.41, 5.74) is 7.60. The molecule has 0 bridgehead atoms. The van der Waals surface area contributed by atoms with Gasteiger partial charge in [0, 0.05) is 0 Å². The Morgan fingerprint density at radius 3 is 2.73 bits per heavy atom. The van der Waals surface area contributed by atoms with E-state index in [2.05, 4.69) is 21.2 Å². The molecule has 0 unspecified atom stereocenters. The molecular weight excluding hydrogens is 304 g/mol. The summed E-state index contributed by atoms with van der Waals surface area (Å²) in [6.07, 6.45) is 0. The SMILES string of the molecule is COc1ccccc1NCC(=O)NNC(=O)c1scnc1C. The number of hydrazine groups is 1. The number of methoxy groups -OCH3 is 1. The maximum atomic E-state index is 11.8. The molecule has 0 aliphatic carbocycles. The van der Waals surface area contributed by atoms with E-state index >= 15 is 0 Å². The molecule has 1 aromatic heterocycles. The van der Waals surface area contributed by atoms with Crippen molar-refractivity contribution in [1.29, 1.82) is 0 Å². The van der Waals surface area contributed by atoms with Crippen molar-refractivity contribution in [2.45, 2.75) is 6.92 Å². The van der Waals surface area contributed by atoms with Gasteiger partial charge < -0.3 is 10.1 Å². The number of thiazole rings is 1. The maximum Gasteiger partial charge on any atom is 0.281 e. The molecule has 0 saturated carbocycles. The minimum Gasteiger partial charge on any atom is -0.495 e. The van der Waals surface area contributed by atoms with Gasteiger partial charge in [-0.05, 0) is 19.1 Å². The van der Waals surface area contributed by atoms with Crippen molar-refractivity contribution in [1.82, 2.24) is 15.8 Å². The van der Waals surface area contributed by atoms with Gasteiger partial charge in [0.1, 0.15) is 10.6 Å². The van der Waals surface area contributed by atoms with Gasteiger partial charge in [-0.25, -0.2) is 4.98 Å². The minimum atomic E-state index is -0.384. The molecule has 8 heteroatoms. The van der Waals surface area contributed by atoms with Crippen LogP contribution in [0.2, 0.25) is 0 Å². The number of hydrogen-bond donors (Lipinski definition) is 3. The van der Waals surface area contributed by atoms with E-state index in [1.165, 1.54) is 11.3 Å². The fourth-order valence-electron chi connectivity index (χ4n) is 1.71. The highest BCUT2D eigenvalue weighted by atomic mass is 32.1. The second-order valence-electron chi connectivity index (χ2n) is 4.32. The molecule has 1 heterocycles. The van der Waals surface area contributed by atoms with E-state index < -0.39 is 0 Å². The molecule has 0 aliphatic rings. The molecule has 2 aromatic rings. The smallest absolute Gasteiger partial charge is 0.281 e.